The minimum atomic E-state index is -3.26. The van der Waals surface area contributed by atoms with Crippen LogP contribution in [0, 0.1) is 29.1 Å². The van der Waals surface area contributed by atoms with Crippen molar-refractivity contribution >= 4 is 23.3 Å². The Morgan fingerprint density at radius 1 is 0.962 bits per heavy atom. The number of alkyl halides is 2. The Balaban J connectivity index is 2.42. The van der Waals surface area contributed by atoms with Gasteiger partial charge in [0.25, 0.3) is 0 Å². The first-order chi connectivity index (χ1) is 12.1. The maximum atomic E-state index is 13.5. The third kappa shape index (κ3) is 3.47. The lowest BCUT2D eigenvalue weighted by Crippen LogP contribution is -2.15. The number of rotatable bonds is 4. The van der Waals surface area contributed by atoms with Crippen LogP contribution in [-0.4, -0.2) is 12.6 Å². The Labute approximate surface area is 144 Å². The number of ether oxygens (including phenoxy) is 2. The van der Waals surface area contributed by atoms with Crippen molar-refractivity contribution in [1.82, 2.24) is 0 Å². The molecule has 0 spiro atoms. The van der Waals surface area contributed by atoms with Gasteiger partial charge in [-0.15, -0.1) is 0 Å². The van der Waals surface area contributed by atoms with Crippen LogP contribution < -0.4 is 15.2 Å². The van der Waals surface area contributed by atoms with Crippen LogP contribution in [0.25, 0.3) is 0 Å². The minimum Gasteiger partial charge on any atom is -0.433 e. The molecule has 0 aliphatic heterocycles. The van der Waals surface area contributed by atoms with Gasteiger partial charge < -0.3 is 15.2 Å². The van der Waals surface area contributed by atoms with Crippen LogP contribution in [0.15, 0.2) is 12.1 Å². The first-order valence-corrected chi connectivity index (χ1v) is 6.70. The second kappa shape index (κ2) is 7.28. The third-order valence-corrected chi connectivity index (χ3v) is 3.35. The van der Waals surface area contributed by atoms with Crippen LogP contribution in [0.3, 0.4) is 0 Å². The van der Waals surface area contributed by atoms with Gasteiger partial charge in [-0.1, -0.05) is 11.6 Å². The zero-order chi connectivity index (χ0) is 19.8. The molecule has 2 rings (SSSR count). The van der Waals surface area contributed by atoms with Crippen LogP contribution in [-0.2, 0) is 0 Å². The molecule has 0 aromatic heterocycles. The van der Waals surface area contributed by atoms with E-state index in [2.05, 4.69) is 9.47 Å². The average Bonchev–Trinajstić information content (AvgIpc) is 2.59. The Kier molecular flexibility index (Phi) is 5.50. The van der Waals surface area contributed by atoms with Crippen LogP contribution in [0.2, 0.25) is 5.02 Å². The molecule has 0 fully saturated rings. The molecule has 140 valence electrons. The fourth-order valence-corrected chi connectivity index (χ4v) is 1.99. The smallest absolute Gasteiger partial charge is 0.387 e. The molecule has 2 N–H and O–H groups in total. The second-order valence-electron chi connectivity index (χ2n) is 4.51. The fourth-order valence-electron chi connectivity index (χ4n) is 1.75. The van der Waals surface area contributed by atoms with Crippen LogP contribution >= 0.6 is 11.6 Å². The van der Waals surface area contributed by atoms with Gasteiger partial charge in [-0.2, -0.15) is 17.6 Å². The van der Waals surface area contributed by atoms with E-state index < -0.39 is 69.4 Å². The van der Waals surface area contributed by atoms with Gasteiger partial charge in [0.1, 0.15) is 0 Å². The zero-order valence-corrected chi connectivity index (χ0v) is 12.8. The highest BCUT2D eigenvalue weighted by atomic mass is 35.5. The summed E-state index contributed by atoms with van der Waals surface area (Å²) < 4.78 is 98.7. The maximum absolute atomic E-state index is 13.5. The summed E-state index contributed by atoms with van der Waals surface area (Å²) in [5.41, 5.74) is 4.04. The van der Waals surface area contributed by atoms with Crippen molar-refractivity contribution in [2.45, 2.75) is 6.61 Å². The van der Waals surface area contributed by atoms with Crippen LogP contribution in [0.5, 0.6) is 11.5 Å². The quantitative estimate of drug-likeness (QED) is 0.205. The summed E-state index contributed by atoms with van der Waals surface area (Å²) in [7, 11) is 0. The van der Waals surface area contributed by atoms with E-state index in [1.54, 1.807) is 0 Å². The van der Waals surface area contributed by atoms with Crippen molar-refractivity contribution in [3.05, 3.63) is 51.8 Å². The zero-order valence-electron chi connectivity index (χ0n) is 12.1. The Hall–Kier alpha value is -2.69. The standard InChI is InChI=1S/C14H5ClF7NO3/c15-5-3(1-2-4(11(5)23)25-14(21)22)13(24)26-12-9(19)7(17)6(16)8(18)10(12)20/h1-2,14H,23H2. The summed E-state index contributed by atoms with van der Waals surface area (Å²) >= 11 is 5.66. The molecule has 26 heavy (non-hydrogen) atoms. The molecule has 0 saturated carbocycles. The molecule has 0 unspecified atom stereocenters. The molecule has 0 bridgehead atoms. The van der Waals surface area contributed by atoms with E-state index in [9.17, 15) is 35.5 Å². The number of carbonyl (C=O) groups is 1. The summed E-state index contributed by atoms with van der Waals surface area (Å²) in [4.78, 5) is 11.9. The number of hydrogen-bond acceptors (Lipinski definition) is 4. The number of esters is 1. The van der Waals surface area contributed by atoms with E-state index in [0.29, 0.717) is 0 Å². The van der Waals surface area contributed by atoms with E-state index in [1.807, 2.05) is 0 Å². The largest absolute Gasteiger partial charge is 0.433 e. The van der Waals surface area contributed by atoms with Gasteiger partial charge in [0.05, 0.1) is 16.3 Å². The highest BCUT2D eigenvalue weighted by molar-refractivity contribution is 6.36. The highest BCUT2D eigenvalue weighted by Gasteiger charge is 2.29. The topological polar surface area (TPSA) is 61.5 Å². The monoisotopic (exact) mass is 403 g/mol. The van der Waals surface area contributed by atoms with E-state index >= 15 is 0 Å². The lowest BCUT2D eigenvalue weighted by Gasteiger charge is -2.13. The van der Waals surface area contributed by atoms with Gasteiger partial charge in [-0.3, -0.25) is 0 Å². The predicted molar refractivity (Wildman–Crippen MR) is 73.7 cm³/mol. The fraction of sp³-hybridized carbons (Fsp3) is 0.0714. The molecular weight excluding hydrogens is 399 g/mol. The molecule has 0 radical (unpaired) electrons. The molecule has 0 atom stereocenters. The highest BCUT2D eigenvalue weighted by Crippen LogP contribution is 2.35. The Morgan fingerprint density at radius 2 is 1.46 bits per heavy atom. The summed E-state index contributed by atoms with van der Waals surface area (Å²) in [6.07, 6.45) is 0. The van der Waals surface area contributed by atoms with Crippen LogP contribution in [0.4, 0.5) is 36.4 Å². The van der Waals surface area contributed by atoms with E-state index in [4.69, 9.17) is 17.3 Å². The maximum Gasteiger partial charge on any atom is 0.387 e. The molecule has 0 aliphatic carbocycles. The number of hydrogen-bond donors (Lipinski definition) is 1. The number of carbonyl (C=O) groups excluding carboxylic acids is 1. The van der Waals surface area contributed by atoms with Crippen molar-refractivity contribution in [2.24, 2.45) is 0 Å². The van der Waals surface area contributed by atoms with Gasteiger partial charge >= 0.3 is 12.6 Å². The lowest BCUT2D eigenvalue weighted by molar-refractivity contribution is -0.0493. The number of nitrogens with two attached hydrogens (primary N) is 1. The first kappa shape index (κ1) is 19.6. The average molecular weight is 404 g/mol. The summed E-state index contributed by atoms with van der Waals surface area (Å²) in [5, 5.41) is -0.697. The first-order valence-electron chi connectivity index (χ1n) is 6.32. The van der Waals surface area contributed by atoms with E-state index in [1.165, 1.54) is 0 Å². The van der Waals surface area contributed by atoms with Gasteiger partial charge in [-0.25, -0.2) is 18.0 Å². The molecular formula is C14H5ClF7NO3. The molecule has 0 aliphatic rings. The van der Waals surface area contributed by atoms with E-state index in [0.717, 1.165) is 12.1 Å². The van der Waals surface area contributed by atoms with Gasteiger partial charge in [-0.05, 0) is 12.1 Å². The number of benzene rings is 2. The molecule has 0 amide bonds. The van der Waals surface area contributed by atoms with Gasteiger partial charge in [0, 0.05) is 0 Å². The Morgan fingerprint density at radius 3 is 1.96 bits per heavy atom. The van der Waals surface area contributed by atoms with Crippen molar-refractivity contribution in [3.63, 3.8) is 0 Å². The van der Waals surface area contributed by atoms with Crippen molar-refractivity contribution in [2.75, 3.05) is 5.73 Å². The third-order valence-electron chi connectivity index (χ3n) is 2.94. The minimum absolute atomic E-state index is 0.613. The molecule has 0 saturated heterocycles. The van der Waals surface area contributed by atoms with Crippen molar-refractivity contribution in [3.8, 4) is 11.5 Å². The van der Waals surface area contributed by atoms with Crippen molar-refractivity contribution in [1.29, 1.82) is 0 Å². The lowest BCUT2D eigenvalue weighted by atomic mass is 10.2. The van der Waals surface area contributed by atoms with Gasteiger partial charge in [0.15, 0.2) is 5.75 Å². The number of anilines is 1. The normalized spacial score (nSPS) is 11.0. The number of halogens is 8. The summed E-state index contributed by atoms with van der Waals surface area (Å²) in [6, 6.07) is 1.51. The Bertz CT molecular complexity index is 863. The van der Waals surface area contributed by atoms with Gasteiger partial charge in [0.2, 0.25) is 34.8 Å². The summed E-state index contributed by atoms with van der Waals surface area (Å²) in [6.45, 7) is -3.26. The van der Waals surface area contributed by atoms with E-state index in [-0.39, 0.29) is 0 Å². The summed E-state index contributed by atoms with van der Waals surface area (Å²) in [5.74, 6) is -16.0. The molecule has 12 heteroatoms. The molecule has 2 aromatic carbocycles. The van der Waals surface area contributed by atoms with Crippen LogP contribution in [0.1, 0.15) is 10.4 Å². The second-order valence-corrected chi connectivity index (χ2v) is 4.88. The molecule has 0 heterocycles. The van der Waals surface area contributed by atoms with Crippen molar-refractivity contribution < 1.29 is 45.0 Å². The number of nitrogen functional groups attached to an aromatic ring is 1. The molecule has 2 aromatic rings. The molecule has 4 nitrogen and oxygen atoms in total. The SMILES string of the molecule is Nc1c(OC(F)F)ccc(C(=O)Oc2c(F)c(F)c(F)c(F)c2F)c1Cl. The predicted octanol–water partition coefficient (Wildman–Crippen LogP) is 4.44.